The van der Waals surface area contributed by atoms with E-state index in [9.17, 15) is 19.8 Å². The van der Waals surface area contributed by atoms with Crippen molar-refractivity contribution in [1.82, 2.24) is 14.8 Å². The minimum atomic E-state index is -0.633. The van der Waals surface area contributed by atoms with Crippen molar-refractivity contribution in [2.24, 2.45) is 0 Å². The summed E-state index contributed by atoms with van der Waals surface area (Å²) in [7, 11) is 0. The van der Waals surface area contributed by atoms with Gasteiger partial charge in [-0.1, -0.05) is 29.8 Å². The molecule has 2 aromatic heterocycles. The maximum atomic E-state index is 13.0. The van der Waals surface area contributed by atoms with Gasteiger partial charge in [-0.15, -0.1) is 0 Å². The average molecular weight is 515 g/mol. The van der Waals surface area contributed by atoms with Crippen LogP contribution in [0.2, 0.25) is 5.02 Å². The fourth-order valence-corrected chi connectivity index (χ4v) is 3.95. The van der Waals surface area contributed by atoms with E-state index in [0.29, 0.717) is 33.8 Å². The van der Waals surface area contributed by atoms with Crippen LogP contribution in [0, 0.1) is 6.92 Å². The zero-order valence-corrected chi connectivity index (χ0v) is 20.1. The molecule has 2 heterocycles. The number of aryl methyl sites for hydroxylation is 1. The third-order valence-corrected chi connectivity index (χ3v) is 5.81. The number of carbonyl (C=O) groups excluding carboxylic acids is 1. The van der Waals surface area contributed by atoms with Crippen molar-refractivity contribution in [2.45, 2.75) is 6.92 Å². The molecule has 37 heavy (non-hydrogen) atoms. The van der Waals surface area contributed by atoms with Crippen LogP contribution in [-0.4, -0.2) is 30.9 Å². The third-order valence-electron chi connectivity index (χ3n) is 5.49. The molecule has 0 saturated heterocycles. The molecule has 0 saturated carbocycles. The Bertz CT molecular complexity index is 1720. The summed E-state index contributed by atoms with van der Waals surface area (Å²) in [5, 5.41) is 27.2. The summed E-state index contributed by atoms with van der Waals surface area (Å²) in [6.07, 6.45) is 1.50. The Labute approximate surface area is 215 Å². The van der Waals surface area contributed by atoms with Gasteiger partial charge in [-0.3, -0.25) is 14.6 Å². The van der Waals surface area contributed by atoms with Gasteiger partial charge in [-0.2, -0.15) is 9.78 Å². The number of fused-ring (bicyclic) bond motifs is 1. The Hall–Kier alpha value is -4.89. The van der Waals surface area contributed by atoms with Gasteiger partial charge in [0.1, 0.15) is 17.1 Å². The Kier molecular flexibility index (Phi) is 6.21. The zero-order chi connectivity index (χ0) is 26.1. The number of aromatic hydroxyl groups is 2. The van der Waals surface area contributed by atoms with Crippen LogP contribution < -0.4 is 15.6 Å². The number of phenols is 2. The number of amides is 1. The Morgan fingerprint density at radius 1 is 1.00 bits per heavy atom. The van der Waals surface area contributed by atoms with Crippen molar-refractivity contribution >= 4 is 34.1 Å². The van der Waals surface area contributed by atoms with Crippen LogP contribution in [0.15, 0.2) is 83.8 Å². The molecule has 0 bridgehead atoms. The molecule has 3 N–H and O–H groups in total. The number of benzene rings is 3. The third kappa shape index (κ3) is 4.80. The number of aromatic nitrogens is 3. The number of hydrogen-bond acceptors (Lipinski definition) is 7. The fourth-order valence-electron chi connectivity index (χ4n) is 3.73. The van der Waals surface area contributed by atoms with Crippen molar-refractivity contribution in [3.63, 3.8) is 0 Å². The second-order valence-electron chi connectivity index (χ2n) is 8.12. The van der Waals surface area contributed by atoms with Crippen molar-refractivity contribution in [3.8, 4) is 28.7 Å². The Morgan fingerprint density at radius 2 is 1.76 bits per heavy atom. The molecule has 3 aromatic carbocycles. The predicted molar refractivity (Wildman–Crippen MR) is 139 cm³/mol. The molecule has 0 unspecified atom stereocenters. The summed E-state index contributed by atoms with van der Waals surface area (Å²) in [4.78, 5) is 30.2. The van der Waals surface area contributed by atoms with Gasteiger partial charge in [0.05, 0.1) is 27.6 Å². The van der Waals surface area contributed by atoms with Gasteiger partial charge in [0.25, 0.3) is 11.5 Å². The van der Waals surface area contributed by atoms with Crippen molar-refractivity contribution in [3.05, 3.63) is 106 Å². The molecule has 0 aliphatic rings. The highest BCUT2D eigenvalue weighted by Gasteiger charge is 2.17. The van der Waals surface area contributed by atoms with Crippen molar-refractivity contribution in [1.29, 1.82) is 0 Å². The predicted octanol–water partition coefficient (Wildman–Crippen LogP) is 5.20. The van der Waals surface area contributed by atoms with E-state index in [1.54, 1.807) is 49.4 Å². The highest BCUT2D eigenvalue weighted by atomic mass is 35.5. The Morgan fingerprint density at radius 3 is 2.51 bits per heavy atom. The largest absolute Gasteiger partial charge is 0.504 e. The summed E-state index contributed by atoms with van der Waals surface area (Å²) >= 11 is 6.41. The second-order valence-corrected chi connectivity index (χ2v) is 8.52. The number of anilines is 1. The second kappa shape index (κ2) is 9.63. The van der Waals surface area contributed by atoms with E-state index in [0.717, 1.165) is 0 Å². The maximum Gasteiger partial charge on any atom is 0.284 e. The number of nitrogens with zero attached hydrogens (tertiary/aromatic N) is 3. The molecule has 0 aliphatic carbocycles. The molecule has 0 aliphatic heterocycles. The highest BCUT2D eigenvalue weighted by Crippen LogP contribution is 2.37. The number of phenolic OH excluding ortho intramolecular Hbond substituents is 2. The van der Waals surface area contributed by atoms with Gasteiger partial charge in [0.15, 0.2) is 11.5 Å². The van der Waals surface area contributed by atoms with Gasteiger partial charge in [-0.25, -0.2) is 0 Å². The fraction of sp³-hybridized carbons (Fsp3) is 0.0370. The van der Waals surface area contributed by atoms with Crippen LogP contribution in [0.4, 0.5) is 5.69 Å². The lowest BCUT2D eigenvalue weighted by molar-refractivity contribution is 0.102. The van der Waals surface area contributed by atoms with Gasteiger partial charge >= 0.3 is 0 Å². The summed E-state index contributed by atoms with van der Waals surface area (Å²) in [5.74, 6) is -0.499. The monoisotopic (exact) mass is 514 g/mol. The lowest BCUT2D eigenvalue weighted by atomic mass is 10.2. The van der Waals surface area contributed by atoms with E-state index in [2.05, 4.69) is 15.4 Å². The standard InChI is InChI=1S/C27H19ClN4O5/c1-15-11-19(27(36)32(31-15)16-5-3-2-4-6-16)26(35)30-21-8-7-17(12-20(21)28)37-25-9-10-29-22-14-24(34)23(33)13-18(22)25/h2-14,33-34H,1H3,(H,30,35). The number of ether oxygens (including phenoxy) is 1. The average Bonchev–Trinajstić information content (AvgIpc) is 2.88. The summed E-state index contributed by atoms with van der Waals surface area (Å²) in [6, 6.07) is 19.2. The van der Waals surface area contributed by atoms with E-state index in [-0.39, 0.29) is 27.8 Å². The maximum absolute atomic E-state index is 13.0. The van der Waals surface area contributed by atoms with Gasteiger partial charge in [-0.05, 0) is 49.4 Å². The summed E-state index contributed by atoms with van der Waals surface area (Å²) < 4.78 is 7.10. The summed E-state index contributed by atoms with van der Waals surface area (Å²) in [6.45, 7) is 1.69. The van der Waals surface area contributed by atoms with E-state index >= 15 is 0 Å². The normalized spacial score (nSPS) is 10.9. The molecule has 0 spiro atoms. The van der Waals surface area contributed by atoms with Crippen molar-refractivity contribution in [2.75, 3.05) is 5.32 Å². The molecular weight excluding hydrogens is 496 g/mol. The van der Waals surface area contributed by atoms with E-state index in [1.807, 2.05) is 6.07 Å². The number of carbonyl (C=O) groups is 1. The molecule has 10 heteroatoms. The van der Waals surface area contributed by atoms with Gasteiger partial charge in [0.2, 0.25) is 0 Å². The molecule has 0 radical (unpaired) electrons. The Balaban J connectivity index is 1.40. The molecule has 9 nitrogen and oxygen atoms in total. The van der Waals surface area contributed by atoms with Crippen LogP contribution in [0.1, 0.15) is 16.1 Å². The zero-order valence-electron chi connectivity index (χ0n) is 19.3. The van der Waals surface area contributed by atoms with Crippen molar-refractivity contribution < 1.29 is 19.7 Å². The van der Waals surface area contributed by atoms with Gasteiger partial charge in [0, 0.05) is 23.7 Å². The molecule has 184 valence electrons. The van der Waals surface area contributed by atoms with Crippen LogP contribution >= 0.6 is 11.6 Å². The molecular formula is C27H19ClN4O5. The SMILES string of the molecule is Cc1cc(C(=O)Nc2ccc(Oc3ccnc4cc(O)c(O)cc34)cc2Cl)c(=O)n(-c2ccccc2)n1. The molecule has 0 fully saturated rings. The first-order chi connectivity index (χ1) is 17.8. The number of rotatable bonds is 5. The topological polar surface area (TPSA) is 127 Å². The van der Waals surface area contributed by atoms with E-state index in [1.165, 1.54) is 35.1 Å². The number of halogens is 1. The molecule has 5 rings (SSSR count). The number of pyridine rings is 1. The number of hydrogen-bond donors (Lipinski definition) is 3. The number of nitrogens with one attached hydrogen (secondary N) is 1. The summed E-state index contributed by atoms with van der Waals surface area (Å²) in [5.41, 5.74) is 1.09. The van der Waals surface area contributed by atoms with Gasteiger partial charge < -0.3 is 20.3 Å². The highest BCUT2D eigenvalue weighted by molar-refractivity contribution is 6.34. The lowest BCUT2D eigenvalue weighted by Crippen LogP contribution is -2.30. The molecule has 5 aromatic rings. The van der Waals surface area contributed by atoms with Crippen LogP contribution in [0.5, 0.6) is 23.0 Å². The van der Waals surface area contributed by atoms with E-state index < -0.39 is 11.5 Å². The van der Waals surface area contributed by atoms with Crippen LogP contribution in [0.3, 0.4) is 0 Å². The first kappa shape index (κ1) is 23.8. The number of para-hydroxylation sites is 1. The first-order valence-electron chi connectivity index (χ1n) is 11.1. The smallest absolute Gasteiger partial charge is 0.284 e. The van der Waals surface area contributed by atoms with Crippen LogP contribution in [-0.2, 0) is 0 Å². The minimum absolute atomic E-state index is 0.0842. The van der Waals surface area contributed by atoms with Crippen LogP contribution in [0.25, 0.3) is 16.6 Å². The molecule has 1 amide bonds. The lowest BCUT2D eigenvalue weighted by Gasteiger charge is -2.12. The molecule has 0 atom stereocenters. The quantitative estimate of drug-likeness (QED) is 0.275. The van der Waals surface area contributed by atoms with E-state index in [4.69, 9.17) is 16.3 Å². The first-order valence-corrected chi connectivity index (χ1v) is 11.4. The minimum Gasteiger partial charge on any atom is -0.504 e.